The Balaban J connectivity index is 2.93. The number of hydrogen-bond acceptors (Lipinski definition) is 1. The average molecular weight is 161 g/mol. The summed E-state index contributed by atoms with van der Waals surface area (Å²) in [5.41, 5.74) is 8.27. The summed E-state index contributed by atoms with van der Waals surface area (Å²) in [6, 6.07) is 8.28. The third kappa shape index (κ3) is 1.95. The lowest BCUT2D eigenvalue weighted by atomic mass is 10.0. The van der Waals surface area contributed by atoms with Gasteiger partial charge in [0.15, 0.2) is 0 Å². The van der Waals surface area contributed by atoms with Gasteiger partial charge in [0.25, 0.3) is 0 Å². The van der Waals surface area contributed by atoms with Crippen molar-refractivity contribution in [3.05, 3.63) is 48.0 Å². The zero-order chi connectivity index (χ0) is 8.97. The maximum atomic E-state index is 5.80. The molecular formula is C11H15N. The van der Waals surface area contributed by atoms with Crippen LogP contribution in [0.3, 0.4) is 0 Å². The van der Waals surface area contributed by atoms with Gasteiger partial charge in [0, 0.05) is 6.04 Å². The molecule has 0 fully saturated rings. The Morgan fingerprint density at radius 2 is 2.33 bits per heavy atom. The molecule has 0 aliphatic heterocycles. The van der Waals surface area contributed by atoms with Gasteiger partial charge >= 0.3 is 0 Å². The van der Waals surface area contributed by atoms with E-state index in [4.69, 9.17) is 5.73 Å². The first-order valence-electron chi connectivity index (χ1n) is 4.25. The fraction of sp³-hybridized carbons (Fsp3) is 0.273. The lowest BCUT2D eigenvalue weighted by Gasteiger charge is -2.07. The first kappa shape index (κ1) is 9.01. The fourth-order valence-electron chi connectivity index (χ4n) is 1.16. The largest absolute Gasteiger partial charge is 0.321 e. The van der Waals surface area contributed by atoms with Gasteiger partial charge < -0.3 is 5.73 Å². The Bertz CT molecular complexity index is 265. The Kier molecular flexibility index (Phi) is 3.06. The maximum absolute atomic E-state index is 5.80. The van der Waals surface area contributed by atoms with E-state index in [1.807, 2.05) is 12.1 Å². The van der Waals surface area contributed by atoms with Crippen molar-refractivity contribution >= 4 is 0 Å². The highest BCUT2D eigenvalue weighted by atomic mass is 14.6. The Labute approximate surface area is 73.9 Å². The first-order valence-corrected chi connectivity index (χ1v) is 4.25. The summed E-state index contributed by atoms with van der Waals surface area (Å²) in [5.74, 6) is 0. The highest BCUT2D eigenvalue weighted by Crippen LogP contribution is 2.13. The fourth-order valence-corrected chi connectivity index (χ4v) is 1.16. The van der Waals surface area contributed by atoms with E-state index in [9.17, 15) is 0 Å². The molecule has 1 aromatic carbocycles. The molecule has 0 aromatic heterocycles. The topological polar surface area (TPSA) is 26.0 Å². The molecule has 1 heteroatoms. The molecule has 1 nitrogen and oxygen atoms in total. The minimum atomic E-state index is -0.0310. The first-order chi connectivity index (χ1) is 5.77. The van der Waals surface area contributed by atoms with Gasteiger partial charge in [-0.25, -0.2) is 0 Å². The number of hydrogen-bond donors (Lipinski definition) is 1. The van der Waals surface area contributed by atoms with E-state index in [0.717, 1.165) is 12.0 Å². The van der Waals surface area contributed by atoms with Crippen LogP contribution in [0.25, 0.3) is 0 Å². The zero-order valence-corrected chi connectivity index (χ0v) is 7.46. The predicted octanol–water partition coefficient (Wildman–Crippen LogP) is 2.43. The van der Waals surface area contributed by atoms with Crippen LogP contribution in [0.2, 0.25) is 0 Å². The lowest BCUT2D eigenvalue weighted by molar-refractivity contribution is 0.908. The van der Waals surface area contributed by atoms with E-state index in [2.05, 4.69) is 25.6 Å². The highest BCUT2D eigenvalue weighted by molar-refractivity contribution is 5.27. The average Bonchev–Trinajstić information content (AvgIpc) is 2.17. The van der Waals surface area contributed by atoms with Gasteiger partial charge in [-0.2, -0.15) is 0 Å². The van der Waals surface area contributed by atoms with Crippen LogP contribution >= 0.6 is 0 Å². The summed E-state index contributed by atoms with van der Waals surface area (Å²) >= 11 is 0. The maximum Gasteiger partial charge on any atom is 0.0478 e. The van der Waals surface area contributed by atoms with E-state index >= 15 is 0 Å². The van der Waals surface area contributed by atoms with Crippen molar-refractivity contribution in [2.45, 2.75) is 19.4 Å². The Morgan fingerprint density at radius 1 is 1.58 bits per heavy atom. The van der Waals surface area contributed by atoms with Gasteiger partial charge in [-0.1, -0.05) is 37.3 Å². The molecule has 0 heterocycles. The van der Waals surface area contributed by atoms with E-state index in [1.165, 1.54) is 5.56 Å². The van der Waals surface area contributed by atoms with Gasteiger partial charge in [-0.05, 0) is 17.5 Å². The summed E-state index contributed by atoms with van der Waals surface area (Å²) in [4.78, 5) is 0. The van der Waals surface area contributed by atoms with E-state index in [1.54, 1.807) is 6.08 Å². The highest BCUT2D eigenvalue weighted by Gasteiger charge is 2.00. The zero-order valence-electron chi connectivity index (χ0n) is 7.46. The number of benzene rings is 1. The molecule has 1 aromatic rings. The molecule has 0 aliphatic carbocycles. The second-order valence-corrected chi connectivity index (χ2v) is 2.86. The summed E-state index contributed by atoms with van der Waals surface area (Å²) < 4.78 is 0. The van der Waals surface area contributed by atoms with Gasteiger partial charge in [0.1, 0.15) is 0 Å². The molecule has 12 heavy (non-hydrogen) atoms. The van der Waals surface area contributed by atoms with Crippen molar-refractivity contribution < 1.29 is 0 Å². The monoisotopic (exact) mass is 161 g/mol. The number of nitrogens with two attached hydrogens (primary N) is 1. The van der Waals surface area contributed by atoms with Crippen LogP contribution in [0.15, 0.2) is 36.9 Å². The second kappa shape index (κ2) is 4.07. The third-order valence-electron chi connectivity index (χ3n) is 2.00. The van der Waals surface area contributed by atoms with Crippen LogP contribution in [-0.2, 0) is 6.42 Å². The Hall–Kier alpha value is -1.08. The normalized spacial score (nSPS) is 12.5. The van der Waals surface area contributed by atoms with Crippen molar-refractivity contribution in [3.63, 3.8) is 0 Å². The Morgan fingerprint density at radius 3 is 2.92 bits per heavy atom. The molecule has 0 radical (unpaired) electrons. The molecule has 1 unspecified atom stereocenters. The molecule has 0 aliphatic rings. The van der Waals surface area contributed by atoms with Crippen LogP contribution < -0.4 is 5.73 Å². The SMILES string of the molecule is C=CC(N)c1cccc(CC)c1. The molecule has 0 saturated carbocycles. The van der Waals surface area contributed by atoms with Gasteiger partial charge in [0.2, 0.25) is 0 Å². The quantitative estimate of drug-likeness (QED) is 0.677. The summed E-state index contributed by atoms with van der Waals surface area (Å²) in [6.07, 6.45) is 2.81. The molecule has 0 bridgehead atoms. The van der Waals surface area contributed by atoms with Crippen molar-refractivity contribution in [1.82, 2.24) is 0 Å². The third-order valence-corrected chi connectivity index (χ3v) is 2.00. The van der Waals surface area contributed by atoms with Crippen LogP contribution in [0, 0.1) is 0 Å². The van der Waals surface area contributed by atoms with E-state index < -0.39 is 0 Å². The van der Waals surface area contributed by atoms with Crippen molar-refractivity contribution in [2.75, 3.05) is 0 Å². The van der Waals surface area contributed by atoms with Crippen molar-refractivity contribution in [3.8, 4) is 0 Å². The summed E-state index contributed by atoms with van der Waals surface area (Å²) in [5, 5.41) is 0. The van der Waals surface area contributed by atoms with Crippen LogP contribution in [0.1, 0.15) is 24.1 Å². The molecule has 64 valence electrons. The molecule has 1 rings (SSSR count). The second-order valence-electron chi connectivity index (χ2n) is 2.86. The molecule has 2 N–H and O–H groups in total. The van der Waals surface area contributed by atoms with Crippen molar-refractivity contribution in [1.29, 1.82) is 0 Å². The molecular weight excluding hydrogens is 146 g/mol. The smallest absolute Gasteiger partial charge is 0.0478 e. The standard InChI is InChI=1S/C11H15N/c1-3-9-6-5-7-10(8-9)11(12)4-2/h4-8,11H,2-3,12H2,1H3. The molecule has 0 spiro atoms. The van der Waals surface area contributed by atoms with E-state index in [-0.39, 0.29) is 6.04 Å². The van der Waals surface area contributed by atoms with Crippen LogP contribution in [0.4, 0.5) is 0 Å². The molecule has 1 atom stereocenters. The predicted molar refractivity (Wildman–Crippen MR) is 52.9 cm³/mol. The van der Waals surface area contributed by atoms with Gasteiger partial charge in [0.05, 0.1) is 0 Å². The summed E-state index contributed by atoms with van der Waals surface area (Å²) in [7, 11) is 0. The van der Waals surface area contributed by atoms with Gasteiger partial charge in [-0.3, -0.25) is 0 Å². The van der Waals surface area contributed by atoms with Crippen molar-refractivity contribution in [2.24, 2.45) is 5.73 Å². The van der Waals surface area contributed by atoms with Crippen LogP contribution in [0.5, 0.6) is 0 Å². The summed E-state index contributed by atoms with van der Waals surface area (Å²) in [6.45, 7) is 5.80. The minimum absolute atomic E-state index is 0.0310. The number of aryl methyl sites for hydroxylation is 1. The molecule has 0 amide bonds. The van der Waals surface area contributed by atoms with Crippen LogP contribution in [-0.4, -0.2) is 0 Å². The minimum Gasteiger partial charge on any atom is -0.321 e. The number of rotatable bonds is 3. The molecule has 0 saturated heterocycles. The van der Waals surface area contributed by atoms with E-state index in [0.29, 0.717) is 0 Å². The lowest BCUT2D eigenvalue weighted by Crippen LogP contribution is -2.06. The van der Waals surface area contributed by atoms with Gasteiger partial charge in [-0.15, -0.1) is 6.58 Å².